The van der Waals surface area contributed by atoms with Gasteiger partial charge in [0.2, 0.25) is 5.16 Å². The van der Waals surface area contributed by atoms with Gasteiger partial charge in [0.15, 0.2) is 31.2 Å². The second-order valence-electron chi connectivity index (χ2n) is 8.29. The highest BCUT2D eigenvalue weighted by molar-refractivity contribution is 8.15. The number of carbonyl (C=O) groups excluding carboxylic acids is 2. The fraction of sp³-hybridized carbons (Fsp3) is 0.611. The van der Waals surface area contributed by atoms with Crippen LogP contribution in [0.2, 0.25) is 0 Å². The Morgan fingerprint density at radius 3 is 2.50 bits per heavy atom. The van der Waals surface area contributed by atoms with E-state index in [-0.39, 0.29) is 28.6 Å². The number of hydrogen-bond donors (Lipinski definition) is 0. The maximum absolute atomic E-state index is 13.9. The predicted octanol–water partition coefficient (Wildman–Crippen LogP) is 1.08. The van der Waals surface area contributed by atoms with Crippen LogP contribution in [0.3, 0.4) is 0 Å². The Kier molecular flexibility index (Phi) is 5.49. The number of aryl methyl sites for hydroxylation is 1. The van der Waals surface area contributed by atoms with Crippen molar-refractivity contribution in [2.45, 2.75) is 54.8 Å². The minimum atomic E-state index is -4.08. The minimum Gasteiger partial charge on any atom is -0.368 e. The summed E-state index contributed by atoms with van der Waals surface area (Å²) in [5.41, 5.74) is -0.489. The molecule has 1 unspecified atom stereocenters. The fourth-order valence-electron chi connectivity index (χ4n) is 3.69. The summed E-state index contributed by atoms with van der Waals surface area (Å²) >= 11 is 0.934. The Morgan fingerprint density at radius 2 is 2.03 bits per heavy atom. The molecule has 2 aliphatic rings. The number of rotatable bonds is 6. The van der Waals surface area contributed by atoms with Gasteiger partial charge in [0.1, 0.15) is 0 Å². The standard InChI is InChI=1S/C18H25N5O5S2/c1-8-9-18(29-16-19-20-21-22(16)6)10(2)11(13(24)17(3,4)5)23-14(25)12(28-7)15(23)30(18,26)27/h8,12,15H,1,9H2,2-7H3/t12-,15-,18?/m0/s1. The third-order valence-electron chi connectivity index (χ3n) is 5.34. The number of amides is 1. The van der Waals surface area contributed by atoms with Crippen LogP contribution in [0.5, 0.6) is 0 Å². The lowest BCUT2D eigenvalue weighted by atomic mass is 9.85. The molecule has 12 heteroatoms. The lowest BCUT2D eigenvalue weighted by molar-refractivity contribution is -0.161. The van der Waals surface area contributed by atoms with Gasteiger partial charge in [0.05, 0.1) is 5.70 Å². The Morgan fingerprint density at radius 1 is 1.40 bits per heavy atom. The molecule has 0 saturated carbocycles. The molecule has 2 aliphatic heterocycles. The monoisotopic (exact) mass is 455 g/mol. The topological polar surface area (TPSA) is 124 Å². The quantitative estimate of drug-likeness (QED) is 0.457. The van der Waals surface area contributed by atoms with Crippen LogP contribution >= 0.6 is 11.8 Å². The Balaban J connectivity index is 2.35. The zero-order valence-corrected chi connectivity index (χ0v) is 19.4. The molecule has 1 aromatic rings. The number of ether oxygens (including phenoxy) is 1. The van der Waals surface area contributed by atoms with Gasteiger partial charge in [-0.1, -0.05) is 38.6 Å². The number of thioether (sulfide) groups is 1. The smallest absolute Gasteiger partial charge is 0.260 e. The molecule has 10 nitrogen and oxygen atoms in total. The number of hydrogen-bond acceptors (Lipinski definition) is 9. The highest BCUT2D eigenvalue weighted by Crippen LogP contribution is 2.55. The van der Waals surface area contributed by atoms with Crippen LogP contribution in [0, 0.1) is 5.41 Å². The first-order chi connectivity index (χ1) is 13.8. The van der Waals surface area contributed by atoms with Crippen LogP contribution in [0.1, 0.15) is 34.1 Å². The van der Waals surface area contributed by atoms with E-state index in [9.17, 15) is 18.0 Å². The van der Waals surface area contributed by atoms with Crippen molar-refractivity contribution in [1.29, 1.82) is 0 Å². The second-order valence-corrected chi connectivity index (χ2v) is 12.1. The molecule has 1 fully saturated rings. The summed E-state index contributed by atoms with van der Waals surface area (Å²) in [4.78, 5) is 27.2. The molecule has 1 aromatic heterocycles. The first-order valence-corrected chi connectivity index (χ1v) is 11.6. The van der Waals surface area contributed by atoms with Crippen LogP contribution in [0.15, 0.2) is 29.1 Å². The molecular weight excluding hydrogens is 430 g/mol. The van der Waals surface area contributed by atoms with E-state index < -0.39 is 36.7 Å². The van der Waals surface area contributed by atoms with E-state index in [1.807, 2.05) is 0 Å². The molecule has 0 spiro atoms. The molecule has 0 bridgehead atoms. The van der Waals surface area contributed by atoms with Crippen molar-refractivity contribution in [1.82, 2.24) is 25.1 Å². The van der Waals surface area contributed by atoms with E-state index in [4.69, 9.17) is 4.74 Å². The Labute approximate surface area is 179 Å². The molecule has 3 atom stereocenters. The highest BCUT2D eigenvalue weighted by Gasteiger charge is 2.68. The van der Waals surface area contributed by atoms with Gasteiger partial charge in [-0.15, -0.1) is 11.7 Å². The number of Topliss-reactive ketones (excluding diaryl/α,β-unsaturated/α-hetero) is 1. The summed E-state index contributed by atoms with van der Waals surface area (Å²) in [6.07, 6.45) is 0.289. The third kappa shape index (κ3) is 2.95. The molecule has 0 N–H and O–H groups in total. The van der Waals surface area contributed by atoms with Gasteiger partial charge >= 0.3 is 0 Å². The van der Waals surface area contributed by atoms with Gasteiger partial charge < -0.3 is 4.74 Å². The van der Waals surface area contributed by atoms with E-state index in [2.05, 4.69) is 22.1 Å². The molecule has 0 aliphatic carbocycles. The van der Waals surface area contributed by atoms with Crippen molar-refractivity contribution >= 4 is 33.3 Å². The van der Waals surface area contributed by atoms with Crippen molar-refractivity contribution < 1.29 is 22.7 Å². The van der Waals surface area contributed by atoms with Crippen molar-refractivity contribution in [2.24, 2.45) is 12.5 Å². The van der Waals surface area contributed by atoms with Crippen LogP contribution in [0.4, 0.5) is 0 Å². The van der Waals surface area contributed by atoms with Gasteiger partial charge in [0, 0.05) is 19.6 Å². The first kappa shape index (κ1) is 22.6. The average molecular weight is 456 g/mol. The van der Waals surface area contributed by atoms with Crippen molar-refractivity contribution in [3.05, 3.63) is 23.9 Å². The summed E-state index contributed by atoms with van der Waals surface area (Å²) in [5.74, 6) is -0.872. The van der Waals surface area contributed by atoms with Crippen LogP contribution < -0.4 is 0 Å². The first-order valence-electron chi connectivity index (χ1n) is 9.23. The van der Waals surface area contributed by atoms with Crippen LogP contribution in [-0.4, -0.2) is 67.9 Å². The molecule has 30 heavy (non-hydrogen) atoms. The van der Waals surface area contributed by atoms with Crippen molar-refractivity contribution in [3.63, 3.8) is 0 Å². The molecule has 3 rings (SSSR count). The van der Waals surface area contributed by atoms with E-state index in [1.165, 1.54) is 17.9 Å². The number of aromatic nitrogens is 4. The van der Waals surface area contributed by atoms with E-state index in [0.717, 1.165) is 16.7 Å². The van der Waals surface area contributed by atoms with Gasteiger partial charge in [-0.2, -0.15) is 0 Å². The van der Waals surface area contributed by atoms with Gasteiger partial charge in [-0.25, -0.2) is 13.1 Å². The molecule has 1 saturated heterocycles. The molecule has 0 radical (unpaired) electrons. The van der Waals surface area contributed by atoms with Gasteiger partial charge in [-0.05, 0) is 29.3 Å². The molecule has 164 valence electrons. The summed E-state index contributed by atoms with van der Waals surface area (Å²) in [6.45, 7) is 10.5. The number of fused-ring (bicyclic) bond motifs is 1. The maximum atomic E-state index is 13.9. The number of ketones is 1. The average Bonchev–Trinajstić information content (AvgIpc) is 3.04. The van der Waals surface area contributed by atoms with E-state index in [0.29, 0.717) is 0 Å². The van der Waals surface area contributed by atoms with Gasteiger partial charge in [-0.3, -0.25) is 14.5 Å². The predicted molar refractivity (Wildman–Crippen MR) is 110 cm³/mol. The zero-order valence-electron chi connectivity index (χ0n) is 17.7. The SMILES string of the molecule is C=CCC1(Sc2nnnn2C)C(C)=C(C(=O)C(C)(C)C)N2C(=O)[C@H](OC)[C@@H]2S1(=O)=O. The number of methoxy groups -OCH3 is 1. The normalized spacial score (nSPS) is 28.2. The summed E-state index contributed by atoms with van der Waals surface area (Å²) in [7, 11) is -1.21. The molecular formula is C18H25N5O5S2. The van der Waals surface area contributed by atoms with Crippen molar-refractivity contribution in [3.8, 4) is 0 Å². The Hall–Kier alpha value is -2.05. The number of tetrazole rings is 1. The number of carbonyl (C=O) groups is 2. The Bertz CT molecular complexity index is 1060. The lowest BCUT2D eigenvalue weighted by Gasteiger charge is -2.54. The van der Waals surface area contributed by atoms with Gasteiger partial charge in [0.25, 0.3) is 5.91 Å². The number of nitrogens with zero attached hydrogens (tertiary/aromatic N) is 5. The molecule has 0 aromatic carbocycles. The van der Waals surface area contributed by atoms with Crippen molar-refractivity contribution in [2.75, 3.05) is 7.11 Å². The molecule has 3 heterocycles. The fourth-order valence-corrected chi connectivity index (χ4v) is 7.97. The largest absolute Gasteiger partial charge is 0.368 e. The molecule has 1 amide bonds. The minimum absolute atomic E-state index is 0.00538. The maximum Gasteiger partial charge on any atom is 0.260 e. The second kappa shape index (κ2) is 7.27. The number of sulfone groups is 1. The number of β-lactam (4-membered cyclic amide) rings is 1. The van der Waals surface area contributed by atoms with Crippen LogP contribution in [0.25, 0.3) is 0 Å². The highest BCUT2D eigenvalue weighted by atomic mass is 32.3. The summed E-state index contributed by atoms with van der Waals surface area (Å²) < 4.78 is 32.7. The number of allylic oxidation sites excluding steroid dienone is 2. The lowest BCUT2D eigenvalue weighted by Crippen LogP contribution is -2.74. The zero-order chi connectivity index (χ0) is 22.6. The van der Waals surface area contributed by atoms with Crippen LogP contribution in [-0.2, 0) is 31.2 Å². The summed E-state index contributed by atoms with van der Waals surface area (Å²) in [6, 6.07) is 0. The summed E-state index contributed by atoms with van der Waals surface area (Å²) in [5, 5.41) is 10.2. The van der Waals surface area contributed by atoms with E-state index in [1.54, 1.807) is 34.7 Å². The third-order valence-corrected chi connectivity index (χ3v) is 10.1. The van der Waals surface area contributed by atoms with E-state index >= 15 is 0 Å².